The monoisotopic (exact) mass is 270 g/mol. The zero-order valence-electron chi connectivity index (χ0n) is 13.2. The standard InChI is InChI=1S/C15H34N4/c1-15-7-11-17-9-4-8-16-10-5-12-18(2)13-6-14-19(15)3/h15-17H,4-14H2,1-3H3. The van der Waals surface area contributed by atoms with E-state index < -0.39 is 0 Å². The maximum atomic E-state index is 3.55. The van der Waals surface area contributed by atoms with Crippen molar-refractivity contribution in [2.45, 2.75) is 38.6 Å². The molecule has 1 saturated heterocycles. The number of nitrogens with one attached hydrogen (secondary N) is 2. The molecule has 1 heterocycles. The van der Waals surface area contributed by atoms with Crippen LogP contribution in [-0.2, 0) is 0 Å². The van der Waals surface area contributed by atoms with Crippen LogP contribution in [-0.4, -0.2) is 75.8 Å². The summed E-state index contributed by atoms with van der Waals surface area (Å²) in [6.45, 7) is 10.6. The lowest BCUT2D eigenvalue weighted by atomic mass is 10.2. The van der Waals surface area contributed by atoms with E-state index in [0.29, 0.717) is 6.04 Å². The van der Waals surface area contributed by atoms with Crippen molar-refractivity contribution in [2.24, 2.45) is 0 Å². The van der Waals surface area contributed by atoms with Crippen molar-refractivity contribution >= 4 is 0 Å². The van der Waals surface area contributed by atoms with Gasteiger partial charge in [0.25, 0.3) is 0 Å². The maximum absolute atomic E-state index is 3.55. The lowest BCUT2D eigenvalue weighted by molar-refractivity contribution is 0.223. The molecule has 1 rings (SSSR count). The predicted octanol–water partition coefficient (Wildman–Crippen LogP) is 0.992. The zero-order valence-corrected chi connectivity index (χ0v) is 13.2. The van der Waals surface area contributed by atoms with E-state index in [0.717, 1.165) is 26.2 Å². The van der Waals surface area contributed by atoms with E-state index in [4.69, 9.17) is 0 Å². The van der Waals surface area contributed by atoms with Gasteiger partial charge in [-0.05, 0) is 92.5 Å². The van der Waals surface area contributed by atoms with Crippen LogP contribution in [0.3, 0.4) is 0 Å². The maximum Gasteiger partial charge on any atom is 0.00759 e. The van der Waals surface area contributed by atoms with E-state index in [2.05, 4.69) is 41.5 Å². The predicted molar refractivity (Wildman–Crippen MR) is 83.8 cm³/mol. The third kappa shape index (κ3) is 8.58. The normalized spacial score (nSPS) is 28.3. The molecule has 0 aliphatic carbocycles. The van der Waals surface area contributed by atoms with Crippen LogP contribution < -0.4 is 10.6 Å². The molecule has 2 N–H and O–H groups in total. The SMILES string of the molecule is CC1CCNCCCNCCCN(C)CCCN1C. The Morgan fingerprint density at radius 2 is 1.42 bits per heavy atom. The average molecular weight is 270 g/mol. The summed E-state index contributed by atoms with van der Waals surface area (Å²) in [5, 5.41) is 7.08. The fourth-order valence-corrected chi connectivity index (χ4v) is 2.52. The quantitative estimate of drug-likeness (QED) is 0.687. The van der Waals surface area contributed by atoms with Crippen LogP contribution in [0.15, 0.2) is 0 Å². The highest BCUT2D eigenvalue weighted by Crippen LogP contribution is 2.02. The van der Waals surface area contributed by atoms with Gasteiger partial charge >= 0.3 is 0 Å². The first-order chi connectivity index (χ1) is 9.20. The molecule has 1 unspecified atom stereocenters. The molecule has 4 heteroatoms. The third-order valence-corrected chi connectivity index (χ3v) is 4.14. The van der Waals surface area contributed by atoms with Crippen molar-refractivity contribution in [3.8, 4) is 0 Å². The summed E-state index contributed by atoms with van der Waals surface area (Å²) in [6, 6.07) is 0.684. The first kappa shape index (κ1) is 16.9. The lowest BCUT2D eigenvalue weighted by Gasteiger charge is -2.26. The van der Waals surface area contributed by atoms with Crippen LogP contribution in [0, 0.1) is 0 Å². The Labute approximate surface area is 119 Å². The minimum absolute atomic E-state index is 0.684. The minimum atomic E-state index is 0.684. The molecule has 0 aromatic rings. The van der Waals surface area contributed by atoms with Gasteiger partial charge in [0.15, 0.2) is 0 Å². The summed E-state index contributed by atoms with van der Waals surface area (Å²) in [5.74, 6) is 0. The van der Waals surface area contributed by atoms with E-state index >= 15 is 0 Å². The third-order valence-electron chi connectivity index (χ3n) is 4.14. The summed E-state index contributed by atoms with van der Waals surface area (Å²) in [4.78, 5) is 4.97. The van der Waals surface area contributed by atoms with Crippen LogP contribution in [0.25, 0.3) is 0 Å². The molecule has 19 heavy (non-hydrogen) atoms. The van der Waals surface area contributed by atoms with Crippen molar-refractivity contribution in [3.05, 3.63) is 0 Å². The zero-order chi connectivity index (χ0) is 13.9. The van der Waals surface area contributed by atoms with Gasteiger partial charge in [0.2, 0.25) is 0 Å². The van der Waals surface area contributed by atoms with Gasteiger partial charge < -0.3 is 20.4 Å². The second kappa shape index (κ2) is 10.6. The van der Waals surface area contributed by atoms with Crippen molar-refractivity contribution in [1.29, 1.82) is 0 Å². The largest absolute Gasteiger partial charge is 0.317 e. The Morgan fingerprint density at radius 1 is 0.789 bits per heavy atom. The summed E-state index contributed by atoms with van der Waals surface area (Å²) >= 11 is 0. The smallest absolute Gasteiger partial charge is 0.00759 e. The summed E-state index contributed by atoms with van der Waals surface area (Å²) in [7, 11) is 4.51. The molecule has 1 aliphatic heterocycles. The van der Waals surface area contributed by atoms with Crippen LogP contribution in [0.4, 0.5) is 0 Å². The molecule has 0 amide bonds. The number of hydrogen-bond acceptors (Lipinski definition) is 4. The molecule has 0 radical (unpaired) electrons. The molecule has 0 aromatic heterocycles. The second-order valence-corrected chi connectivity index (χ2v) is 5.98. The first-order valence-electron chi connectivity index (χ1n) is 8.00. The molecule has 0 bridgehead atoms. The van der Waals surface area contributed by atoms with E-state index in [1.54, 1.807) is 0 Å². The molecule has 4 nitrogen and oxygen atoms in total. The van der Waals surface area contributed by atoms with Gasteiger partial charge in [-0.1, -0.05) is 0 Å². The van der Waals surface area contributed by atoms with E-state index in [9.17, 15) is 0 Å². The van der Waals surface area contributed by atoms with Crippen molar-refractivity contribution in [1.82, 2.24) is 20.4 Å². The molecule has 0 spiro atoms. The lowest BCUT2D eigenvalue weighted by Crippen LogP contribution is -2.35. The Hall–Kier alpha value is -0.160. The second-order valence-electron chi connectivity index (χ2n) is 5.98. The Bertz CT molecular complexity index is 210. The average Bonchev–Trinajstić information content (AvgIpc) is 2.39. The molecule has 0 saturated carbocycles. The first-order valence-corrected chi connectivity index (χ1v) is 8.00. The molecular formula is C15H34N4. The van der Waals surface area contributed by atoms with E-state index in [1.165, 1.54) is 45.3 Å². The topological polar surface area (TPSA) is 30.5 Å². The van der Waals surface area contributed by atoms with Crippen LogP contribution in [0.2, 0.25) is 0 Å². The Kier molecular flexibility index (Phi) is 9.43. The van der Waals surface area contributed by atoms with Gasteiger partial charge in [0, 0.05) is 6.04 Å². The van der Waals surface area contributed by atoms with Crippen molar-refractivity contribution in [2.75, 3.05) is 59.9 Å². The van der Waals surface area contributed by atoms with Crippen LogP contribution in [0.1, 0.15) is 32.6 Å². The van der Waals surface area contributed by atoms with E-state index in [1.807, 2.05) is 0 Å². The number of hydrogen-bond donors (Lipinski definition) is 2. The van der Waals surface area contributed by atoms with Crippen molar-refractivity contribution in [3.63, 3.8) is 0 Å². The molecule has 1 fully saturated rings. The van der Waals surface area contributed by atoms with Gasteiger partial charge in [-0.15, -0.1) is 0 Å². The minimum Gasteiger partial charge on any atom is -0.317 e. The van der Waals surface area contributed by atoms with Gasteiger partial charge in [-0.3, -0.25) is 0 Å². The summed E-state index contributed by atoms with van der Waals surface area (Å²) in [5.41, 5.74) is 0. The molecule has 1 atom stereocenters. The van der Waals surface area contributed by atoms with Gasteiger partial charge in [0.1, 0.15) is 0 Å². The highest BCUT2D eigenvalue weighted by atomic mass is 15.1. The Morgan fingerprint density at radius 3 is 2.21 bits per heavy atom. The van der Waals surface area contributed by atoms with Gasteiger partial charge in [-0.2, -0.15) is 0 Å². The van der Waals surface area contributed by atoms with Crippen LogP contribution in [0.5, 0.6) is 0 Å². The Balaban J connectivity index is 2.28. The molecule has 0 aromatic carbocycles. The van der Waals surface area contributed by atoms with Crippen molar-refractivity contribution < 1.29 is 0 Å². The summed E-state index contributed by atoms with van der Waals surface area (Å²) in [6.07, 6.45) is 5.02. The van der Waals surface area contributed by atoms with E-state index in [-0.39, 0.29) is 0 Å². The highest BCUT2D eigenvalue weighted by Gasteiger charge is 2.09. The number of nitrogens with zero attached hydrogens (tertiary/aromatic N) is 2. The van der Waals surface area contributed by atoms with Crippen LogP contribution >= 0.6 is 0 Å². The fraction of sp³-hybridized carbons (Fsp3) is 1.00. The molecule has 114 valence electrons. The number of rotatable bonds is 0. The van der Waals surface area contributed by atoms with Gasteiger partial charge in [0.05, 0.1) is 0 Å². The molecular weight excluding hydrogens is 236 g/mol. The molecule has 1 aliphatic rings. The van der Waals surface area contributed by atoms with Gasteiger partial charge in [-0.25, -0.2) is 0 Å². The highest BCUT2D eigenvalue weighted by molar-refractivity contribution is 4.66. The summed E-state index contributed by atoms with van der Waals surface area (Å²) < 4.78 is 0. The fourth-order valence-electron chi connectivity index (χ4n) is 2.52.